The predicted molar refractivity (Wildman–Crippen MR) is 60.4 cm³/mol. The fourth-order valence-corrected chi connectivity index (χ4v) is 7.63. The standard InChI is InChI=1S/C10H16GeS/c1-9-7-5-6-8-10(9)12-11(2,3)4/h5-8H,1-4H3. The van der Waals surface area contributed by atoms with Gasteiger partial charge in [0.05, 0.1) is 0 Å². The zero-order valence-electron chi connectivity index (χ0n) is 8.22. The zero-order chi connectivity index (χ0) is 9.19. The Morgan fingerprint density at radius 3 is 2.17 bits per heavy atom. The van der Waals surface area contributed by atoms with E-state index in [1.54, 1.807) is 0 Å². The Hall–Kier alpha value is 0.113. The molecule has 0 aliphatic carbocycles. The van der Waals surface area contributed by atoms with E-state index in [1.165, 1.54) is 10.5 Å². The molecular weight excluding hydrogens is 225 g/mol. The van der Waals surface area contributed by atoms with Crippen molar-refractivity contribution in [2.75, 3.05) is 0 Å². The zero-order valence-corrected chi connectivity index (χ0v) is 11.1. The van der Waals surface area contributed by atoms with Crippen molar-refractivity contribution < 1.29 is 0 Å². The summed E-state index contributed by atoms with van der Waals surface area (Å²) in [4.78, 5) is 1.48. The van der Waals surface area contributed by atoms with Gasteiger partial charge < -0.3 is 0 Å². The Kier molecular flexibility index (Phi) is 3.30. The van der Waals surface area contributed by atoms with Crippen LogP contribution in [-0.2, 0) is 0 Å². The molecule has 66 valence electrons. The molecule has 1 aromatic carbocycles. The van der Waals surface area contributed by atoms with Crippen LogP contribution in [0.4, 0.5) is 0 Å². The van der Waals surface area contributed by atoms with Crippen molar-refractivity contribution in [1.82, 2.24) is 0 Å². The molecule has 0 unspecified atom stereocenters. The third-order valence-electron chi connectivity index (χ3n) is 1.51. The van der Waals surface area contributed by atoms with Crippen LogP contribution in [0.15, 0.2) is 29.2 Å². The molecule has 0 N–H and O–H groups in total. The maximum atomic E-state index is 2.43. The second-order valence-electron chi connectivity index (χ2n) is 3.98. The molecule has 0 nitrogen and oxygen atoms in total. The third kappa shape index (κ3) is 3.23. The van der Waals surface area contributed by atoms with Crippen molar-refractivity contribution in [3.63, 3.8) is 0 Å². The summed E-state index contributed by atoms with van der Waals surface area (Å²) in [5.74, 6) is 7.28. The summed E-state index contributed by atoms with van der Waals surface area (Å²) in [5.41, 5.74) is 1.42. The van der Waals surface area contributed by atoms with Crippen LogP contribution in [0.1, 0.15) is 5.56 Å². The molecule has 0 heterocycles. The molecule has 0 spiro atoms. The molecule has 0 aromatic heterocycles. The van der Waals surface area contributed by atoms with Crippen molar-refractivity contribution >= 4 is 22.2 Å². The molecule has 0 bridgehead atoms. The van der Waals surface area contributed by atoms with E-state index in [9.17, 15) is 0 Å². The first kappa shape index (κ1) is 10.2. The van der Waals surface area contributed by atoms with Gasteiger partial charge in [-0.1, -0.05) is 0 Å². The van der Waals surface area contributed by atoms with Crippen LogP contribution in [0.5, 0.6) is 0 Å². The SMILES string of the molecule is Cc1ccccc1[S][Ge]([CH3])([CH3])[CH3]. The van der Waals surface area contributed by atoms with Crippen molar-refractivity contribution in [2.24, 2.45) is 0 Å². The van der Waals surface area contributed by atoms with E-state index in [1.807, 2.05) is 0 Å². The minimum atomic E-state index is -1.48. The van der Waals surface area contributed by atoms with Gasteiger partial charge in [0.1, 0.15) is 0 Å². The summed E-state index contributed by atoms with van der Waals surface area (Å²) in [6.45, 7) is 2.19. The Labute approximate surface area is 81.1 Å². The third-order valence-corrected chi connectivity index (χ3v) is 8.04. The van der Waals surface area contributed by atoms with Gasteiger partial charge in [-0.15, -0.1) is 0 Å². The normalized spacial score (nSPS) is 11.7. The van der Waals surface area contributed by atoms with Crippen LogP contribution in [-0.4, -0.2) is 12.1 Å². The summed E-state index contributed by atoms with van der Waals surface area (Å²) in [6.07, 6.45) is 0. The fourth-order valence-electron chi connectivity index (χ4n) is 1.00. The van der Waals surface area contributed by atoms with Gasteiger partial charge in [-0.25, -0.2) is 0 Å². The molecule has 0 radical (unpaired) electrons. The Morgan fingerprint density at radius 2 is 1.67 bits per heavy atom. The van der Waals surface area contributed by atoms with E-state index < -0.39 is 12.1 Å². The Balaban J connectivity index is 2.83. The van der Waals surface area contributed by atoms with Crippen LogP contribution in [0.2, 0.25) is 17.3 Å². The second-order valence-corrected chi connectivity index (χ2v) is 21.1. The van der Waals surface area contributed by atoms with Crippen molar-refractivity contribution in [3.05, 3.63) is 29.8 Å². The molecule has 0 saturated carbocycles. The Morgan fingerprint density at radius 1 is 1.08 bits per heavy atom. The minimum absolute atomic E-state index is 1.42. The first-order chi connectivity index (χ1) is 5.49. The van der Waals surface area contributed by atoms with Gasteiger partial charge in [-0.2, -0.15) is 0 Å². The van der Waals surface area contributed by atoms with E-state index >= 15 is 0 Å². The number of hydrogen-bond acceptors (Lipinski definition) is 1. The summed E-state index contributed by atoms with van der Waals surface area (Å²) < 4.78 is 0. The average molecular weight is 241 g/mol. The van der Waals surface area contributed by atoms with Crippen LogP contribution < -0.4 is 0 Å². The van der Waals surface area contributed by atoms with E-state index in [2.05, 4.69) is 58.5 Å². The fraction of sp³-hybridized carbons (Fsp3) is 0.400. The number of benzene rings is 1. The van der Waals surface area contributed by atoms with Crippen molar-refractivity contribution in [2.45, 2.75) is 29.1 Å². The predicted octanol–water partition coefficient (Wildman–Crippen LogP) is 3.92. The van der Waals surface area contributed by atoms with E-state index in [0.717, 1.165) is 0 Å². The number of rotatable bonds is 2. The summed E-state index contributed by atoms with van der Waals surface area (Å²) in [7, 11) is 2.11. The van der Waals surface area contributed by atoms with Crippen LogP contribution in [0.25, 0.3) is 0 Å². The maximum absolute atomic E-state index is 2.43. The van der Waals surface area contributed by atoms with Gasteiger partial charge in [-0.3, -0.25) is 0 Å². The second kappa shape index (κ2) is 3.88. The van der Waals surface area contributed by atoms with Gasteiger partial charge >= 0.3 is 81.1 Å². The molecule has 1 rings (SSSR count). The topological polar surface area (TPSA) is 0 Å². The number of aryl methyl sites for hydroxylation is 1. The summed E-state index contributed by atoms with van der Waals surface area (Å²) in [6, 6.07) is 8.66. The molecule has 2 heteroatoms. The van der Waals surface area contributed by atoms with Crippen molar-refractivity contribution in [3.8, 4) is 0 Å². The molecule has 0 atom stereocenters. The van der Waals surface area contributed by atoms with Gasteiger partial charge in [0.25, 0.3) is 0 Å². The number of hydrogen-bond donors (Lipinski definition) is 0. The molecule has 0 amide bonds. The Bertz CT molecular complexity index is 263. The first-order valence-electron chi connectivity index (χ1n) is 4.24. The molecule has 0 aliphatic rings. The molecule has 1 aromatic rings. The van der Waals surface area contributed by atoms with Crippen LogP contribution >= 0.6 is 10.1 Å². The summed E-state index contributed by atoms with van der Waals surface area (Å²) >= 11 is -1.48. The first-order valence-corrected chi connectivity index (χ1v) is 13.9. The molecule has 0 aliphatic heterocycles. The quantitative estimate of drug-likeness (QED) is 0.707. The van der Waals surface area contributed by atoms with Crippen molar-refractivity contribution in [1.29, 1.82) is 0 Å². The van der Waals surface area contributed by atoms with Crippen LogP contribution in [0, 0.1) is 6.92 Å². The van der Waals surface area contributed by atoms with Gasteiger partial charge in [0.2, 0.25) is 0 Å². The molecule has 0 saturated heterocycles. The summed E-state index contributed by atoms with van der Waals surface area (Å²) in [5, 5.41) is 0. The van der Waals surface area contributed by atoms with Gasteiger partial charge in [0.15, 0.2) is 0 Å². The van der Waals surface area contributed by atoms with Gasteiger partial charge in [0, 0.05) is 0 Å². The van der Waals surface area contributed by atoms with Crippen LogP contribution in [0.3, 0.4) is 0 Å². The van der Waals surface area contributed by atoms with E-state index in [4.69, 9.17) is 0 Å². The van der Waals surface area contributed by atoms with E-state index in [-0.39, 0.29) is 0 Å². The monoisotopic (exact) mass is 242 g/mol. The molecule has 12 heavy (non-hydrogen) atoms. The molecule has 0 fully saturated rings. The van der Waals surface area contributed by atoms with Gasteiger partial charge in [-0.05, 0) is 0 Å². The van der Waals surface area contributed by atoms with E-state index in [0.29, 0.717) is 0 Å². The molecular formula is C10H16GeS. The average Bonchev–Trinajstić information content (AvgIpc) is 1.91.